The fraction of sp³-hybridized carbons (Fsp3) is 0.296. The summed E-state index contributed by atoms with van der Waals surface area (Å²) in [5.41, 5.74) is 6.72. The fourth-order valence-electron chi connectivity index (χ4n) is 3.14. The Kier molecular flexibility index (Phi) is 9.67. The van der Waals surface area contributed by atoms with Gasteiger partial charge in [-0.2, -0.15) is 13.5 Å². The first-order valence-corrected chi connectivity index (χ1v) is 10.7. The Morgan fingerprint density at radius 3 is 1.58 bits per heavy atom. The van der Waals surface area contributed by atoms with E-state index in [4.69, 9.17) is 14.2 Å². The van der Waals surface area contributed by atoms with Gasteiger partial charge in [0.1, 0.15) is 30.5 Å². The molecule has 0 saturated heterocycles. The van der Waals surface area contributed by atoms with E-state index >= 15 is 0 Å². The van der Waals surface area contributed by atoms with Gasteiger partial charge < -0.3 is 19.5 Å². The Labute approximate surface area is 203 Å². The minimum Gasteiger partial charge on any atom is -0.489 e. The van der Waals surface area contributed by atoms with Crippen LogP contribution in [0, 0.1) is 27.7 Å². The zero-order chi connectivity index (χ0) is 23.1. The van der Waals surface area contributed by atoms with Gasteiger partial charge in [-0.05, 0) is 104 Å². The zero-order valence-corrected chi connectivity index (χ0v) is 21.0. The second-order valence-electron chi connectivity index (χ2n) is 8.02. The summed E-state index contributed by atoms with van der Waals surface area (Å²) in [6.07, 6.45) is 0. The molecule has 0 heterocycles. The van der Waals surface area contributed by atoms with Gasteiger partial charge >= 0.3 is 0 Å². The largest absolute Gasteiger partial charge is 0.489 e. The monoisotopic (exact) mass is 467 g/mol. The average Bonchev–Trinajstić information content (AvgIpc) is 2.79. The number of hydrogen-bond acceptors (Lipinski definition) is 4. The van der Waals surface area contributed by atoms with Crippen LogP contribution in [0.2, 0.25) is 0 Å². The first kappa shape index (κ1) is 26.1. The molecule has 3 rings (SSSR count). The topological polar surface area (TPSA) is 56.8 Å². The van der Waals surface area contributed by atoms with Gasteiger partial charge in [0.2, 0.25) is 0 Å². The third-order valence-corrected chi connectivity index (χ3v) is 5.44. The highest BCUT2D eigenvalue weighted by molar-refractivity contribution is 7.59. The van der Waals surface area contributed by atoms with Crippen LogP contribution in [-0.4, -0.2) is 19.6 Å². The van der Waals surface area contributed by atoms with Gasteiger partial charge in [0.25, 0.3) is 5.91 Å². The molecule has 0 atom stereocenters. The molecule has 1 N–H and O–H groups in total. The van der Waals surface area contributed by atoms with E-state index < -0.39 is 0 Å². The summed E-state index contributed by atoms with van der Waals surface area (Å²) in [4.78, 5) is 11.6. The molecular weight excluding hydrogens is 434 g/mol. The number of rotatable bonds is 9. The maximum atomic E-state index is 11.6. The smallest absolute Gasteiger partial charge is 0.257 e. The Bertz CT molecular complexity index is 1020. The lowest BCUT2D eigenvalue weighted by Crippen LogP contribution is -2.24. The molecule has 0 aliphatic rings. The third-order valence-electron chi connectivity index (χ3n) is 5.44. The first-order valence-electron chi connectivity index (χ1n) is 10.7. The molecule has 5 nitrogen and oxygen atoms in total. The molecule has 176 valence electrons. The van der Waals surface area contributed by atoms with Gasteiger partial charge in [-0.3, -0.25) is 4.79 Å². The van der Waals surface area contributed by atoms with Crippen LogP contribution in [0.3, 0.4) is 0 Å². The molecule has 0 aromatic heterocycles. The van der Waals surface area contributed by atoms with E-state index in [0.29, 0.717) is 19.0 Å². The van der Waals surface area contributed by atoms with E-state index in [0.717, 1.165) is 22.6 Å². The van der Waals surface area contributed by atoms with E-state index in [2.05, 4.69) is 45.1 Å². The normalized spacial score (nSPS) is 10.2. The van der Waals surface area contributed by atoms with Crippen LogP contribution in [0.25, 0.3) is 0 Å². The zero-order valence-electron chi connectivity index (χ0n) is 20.0. The summed E-state index contributed by atoms with van der Waals surface area (Å²) in [6.45, 7) is 9.01. The molecule has 33 heavy (non-hydrogen) atoms. The Hall–Kier alpha value is -3.12. The van der Waals surface area contributed by atoms with Crippen LogP contribution < -0.4 is 19.5 Å². The van der Waals surface area contributed by atoms with Crippen molar-refractivity contribution in [2.75, 3.05) is 13.7 Å². The van der Waals surface area contributed by atoms with Crippen molar-refractivity contribution in [2.24, 2.45) is 0 Å². The lowest BCUT2D eigenvalue weighted by atomic mass is 10.1. The maximum Gasteiger partial charge on any atom is 0.257 e. The summed E-state index contributed by atoms with van der Waals surface area (Å²) in [5.74, 6) is 2.05. The molecule has 3 aromatic rings. The van der Waals surface area contributed by atoms with E-state index in [-0.39, 0.29) is 26.0 Å². The second-order valence-corrected chi connectivity index (χ2v) is 8.02. The second kappa shape index (κ2) is 12.2. The molecule has 0 radical (unpaired) electrons. The molecule has 6 heteroatoms. The quantitative estimate of drug-likeness (QED) is 0.463. The number of aryl methyl sites for hydroxylation is 4. The van der Waals surface area contributed by atoms with Crippen molar-refractivity contribution in [1.29, 1.82) is 0 Å². The van der Waals surface area contributed by atoms with Gasteiger partial charge in [-0.15, -0.1) is 0 Å². The number of nitrogens with one attached hydrogen (secondary N) is 1. The molecule has 1 amide bonds. The van der Waals surface area contributed by atoms with Crippen LogP contribution in [0.5, 0.6) is 17.2 Å². The fourth-order valence-corrected chi connectivity index (χ4v) is 3.14. The number of carbonyl (C=O) groups is 1. The number of amides is 1. The van der Waals surface area contributed by atoms with Crippen molar-refractivity contribution >= 4 is 19.4 Å². The SMILES string of the molecule is CNC(=O)COc1cc(COc2ccc(C)c(C)c2)cc(COc2ccc(C)c(C)c2)c1.S. The molecule has 0 spiro atoms. The Morgan fingerprint density at radius 1 is 0.667 bits per heavy atom. The van der Waals surface area contributed by atoms with E-state index in [1.807, 2.05) is 42.5 Å². The average molecular weight is 468 g/mol. The minimum absolute atomic E-state index is 0. The van der Waals surface area contributed by atoms with Gasteiger partial charge in [-0.1, -0.05) is 12.1 Å². The van der Waals surface area contributed by atoms with Crippen molar-refractivity contribution in [3.63, 3.8) is 0 Å². The van der Waals surface area contributed by atoms with Gasteiger partial charge in [0.05, 0.1) is 0 Å². The summed E-state index contributed by atoms with van der Waals surface area (Å²) < 4.78 is 17.7. The minimum atomic E-state index is -0.185. The van der Waals surface area contributed by atoms with Gasteiger partial charge in [0, 0.05) is 7.05 Å². The van der Waals surface area contributed by atoms with Crippen molar-refractivity contribution in [3.8, 4) is 17.2 Å². The van der Waals surface area contributed by atoms with Crippen LogP contribution in [0.4, 0.5) is 0 Å². The molecule has 0 aliphatic heterocycles. The standard InChI is InChI=1S/C27H31NO4.H2S/c1-18-6-8-24(10-20(18)3)30-15-22-12-23(14-26(13-22)32-17-27(29)28-5)16-31-25-9-7-19(2)21(4)11-25;/h6-14H,15-17H2,1-5H3,(H,28,29);1H2. The van der Waals surface area contributed by atoms with Crippen molar-refractivity contribution in [2.45, 2.75) is 40.9 Å². The maximum absolute atomic E-state index is 11.6. The summed E-state index contributed by atoms with van der Waals surface area (Å²) >= 11 is 0. The van der Waals surface area contributed by atoms with E-state index in [9.17, 15) is 4.79 Å². The summed E-state index contributed by atoms with van der Waals surface area (Å²) in [7, 11) is 1.59. The van der Waals surface area contributed by atoms with E-state index in [1.165, 1.54) is 22.3 Å². The van der Waals surface area contributed by atoms with Crippen molar-refractivity contribution in [3.05, 3.63) is 88.0 Å². The lowest BCUT2D eigenvalue weighted by molar-refractivity contribution is -0.122. The number of ether oxygens (including phenoxy) is 3. The Balaban J connectivity index is 0.00000385. The number of carbonyl (C=O) groups excluding carboxylic acids is 1. The Morgan fingerprint density at radius 2 is 1.15 bits per heavy atom. The van der Waals surface area contributed by atoms with Crippen LogP contribution in [0.1, 0.15) is 33.4 Å². The van der Waals surface area contributed by atoms with Gasteiger partial charge in [-0.25, -0.2) is 0 Å². The number of hydrogen-bond donors (Lipinski definition) is 1. The highest BCUT2D eigenvalue weighted by Gasteiger charge is 2.08. The van der Waals surface area contributed by atoms with Crippen molar-refractivity contribution in [1.82, 2.24) is 5.32 Å². The summed E-state index contributed by atoms with van der Waals surface area (Å²) in [5, 5.41) is 2.56. The van der Waals surface area contributed by atoms with Crippen LogP contribution >= 0.6 is 13.5 Å². The van der Waals surface area contributed by atoms with Crippen LogP contribution in [0.15, 0.2) is 54.6 Å². The van der Waals surface area contributed by atoms with Crippen molar-refractivity contribution < 1.29 is 19.0 Å². The molecule has 0 bridgehead atoms. The number of likely N-dealkylation sites (N-methyl/N-ethyl adjacent to an activating group) is 1. The molecule has 0 fully saturated rings. The first-order chi connectivity index (χ1) is 15.3. The predicted octanol–water partition coefficient (Wildman–Crippen LogP) is 5.32. The summed E-state index contributed by atoms with van der Waals surface area (Å²) in [6, 6.07) is 17.9. The van der Waals surface area contributed by atoms with Crippen LogP contribution in [-0.2, 0) is 18.0 Å². The molecule has 0 saturated carbocycles. The molecule has 3 aromatic carbocycles. The third kappa shape index (κ3) is 7.75. The van der Waals surface area contributed by atoms with E-state index in [1.54, 1.807) is 7.05 Å². The molecule has 0 aliphatic carbocycles. The predicted molar refractivity (Wildman–Crippen MR) is 137 cm³/mol. The highest BCUT2D eigenvalue weighted by atomic mass is 32.1. The molecular formula is C27H33NO4S. The van der Waals surface area contributed by atoms with Gasteiger partial charge in [0.15, 0.2) is 6.61 Å². The number of benzene rings is 3. The molecule has 0 unspecified atom stereocenters. The lowest BCUT2D eigenvalue weighted by Gasteiger charge is -2.14. The highest BCUT2D eigenvalue weighted by Crippen LogP contribution is 2.23.